The van der Waals surface area contributed by atoms with Gasteiger partial charge in [0.1, 0.15) is 5.82 Å². The maximum Gasteiger partial charge on any atom is 0.254 e. The summed E-state index contributed by atoms with van der Waals surface area (Å²) in [6.45, 7) is 2.49. The molecule has 0 radical (unpaired) electrons. The van der Waals surface area contributed by atoms with Crippen LogP contribution in [0.15, 0.2) is 24.3 Å². The Kier molecular flexibility index (Phi) is 7.27. The van der Waals surface area contributed by atoms with E-state index in [1.165, 1.54) is 18.2 Å². The first kappa shape index (κ1) is 18.4. The molecular formula is C15H21ClFN3O2. The highest BCUT2D eigenvalue weighted by atomic mass is 35.5. The highest BCUT2D eigenvalue weighted by molar-refractivity contribution is 5.94. The molecule has 1 saturated heterocycles. The normalized spacial score (nSPS) is 14.5. The molecule has 2 amide bonds. The molecule has 1 heterocycles. The Bertz CT molecular complexity index is 519. The predicted octanol–water partition coefficient (Wildman–Crippen LogP) is 1.27. The highest BCUT2D eigenvalue weighted by Gasteiger charge is 2.24. The number of nitrogens with two attached hydrogens (primary N) is 1. The molecule has 22 heavy (non-hydrogen) atoms. The van der Waals surface area contributed by atoms with Crippen molar-refractivity contribution < 1.29 is 14.0 Å². The summed E-state index contributed by atoms with van der Waals surface area (Å²) >= 11 is 0. The number of hydrogen-bond donors (Lipinski definition) is 1. The summed E-state index contributed by atoms with van der Waals surface area (Å²) in [6.07, 6.45) is 1.13. The van der Waals surface area contributed by atoms with E-state index in [9.17, 15) is 14.0 Å². The van der Waals surface area contributed by atoms with Gasteiger partial charge in [0.05, 0.1) is 0 Å². The Hall–Kier alpha value is -1.66. The quantitative estimate of drug-likeness (QED) is 0.904. The van der Waals surface area contributed by atoms with Gasteiger partial charge in [-0.2, -0.15) is 0 Å². The fraction of sp³-hybridized carbons (Fsp3) is 0.467. The van der Waals surface area contributed by atoms with Crippen LogP contribution in [0, 0.1) is 5.82 Å². The molecule has 0 bridgehead atoms. The van der Waals surface area contributed by atoms with Crippen LogP contribution in [0.5, 0.6) is 0 Å². The average molecular weight is 330 g/mol. The molecular weight excluding hydrogens is 309 g/mol. The summed E-state index contributed by atoms with van der Waals surface area (Å²) in [5.41, 5.74) is 5.74. The molecule has 1 aromatic carbocycles. The van der Waals surface area contributed by atoms with Gasteiger partial charge in [-0.25, -0.2) is 4.39 Å². The number of hydrogen-bond acceptors (Lipinski definition) is 3. The molecule has 0 atom stereocenters. The standard InChI is InChI=1S/C15H20FN3O2.ClH/c16-13-4-1-3-12(11-13)15(21)19-9-7-18(8-10-19)14(20)5-2-6-17;/h1,3-4,11H,2,5-10,17H2;1H. The minimum atomic E-state index is -0.420. The maximum atomic E-state index is 13.1. The fourth-order valence-electron chi connectivity index (χ4n) is 2.37. The van der Waals surface area contributed by atoms with Crippen LogP contribution in [-0.4, -0.2) is 54.3 Å². The molecule has 0 spiro atoms. The van der Waals surface area contributed by atoms with Crippen molar-refractivity contribution in [2.75, 3.05) is 32.7 Å². The SMILES string of the molecule is Cl.NCCCC(=O)N1CCN(C(=O)c2cccc(F)c2)CC1. The van der Waals surface area contributed by atoms with E-state index >= 15 is 0 Å². The van der Waals surface area contributed by atoms with E-state index < -0.39 is 5.82 Å². The molecule has 2 N–H and O–H groups in total. The minimum Gasteiger partial charge on any atom is -0.339 e. The van der Waals surface area contributed by atoms with E-state index in [1.807, 2.05) is 0 Å². The lowest BCUT2D eigenvalue weighted by atomic mass is 10.1. The topological polar surface area (TPSA) is 66.6 Å². The number of benzene rings is 1. The number of piperazine rings is 1. The largest absolute Gasteiger partial charge is 0.339 e. The highest BCUT2D eigenvalue weighted by Crippen LogP contribution is 2.11. The van der Waals surface area contributed by atoms with Crippen LogP contribution < -0.4 is 5.73 Å². The third kappa shape index (κ3) is 4.68. The van der Waals surface area contributed by atoms with Crippen LogP contribution in [0.2, 0.25) is 0 Å². The van der Waals surface area contributed by atoms with Crippen LogP contribution in [0.4, 0.5) is 4.39 Å². The van der Waals surface area contributed by atoms with Gasteiger partial charge in [0.2, 0.25) is 5.91 Å². The fourth-order valence-corrected chi connectivity index (χ4v) is 2.37. The Morgan fingerprint density at radius 1 is 1.14 bits per heavy atom. The number of amides is 2. The van der Waals surface area contributed by atoms with Gasteiger partial charge in [-0.3, -0.25) is 9.59 Å². The first-order valence-electron chi connectivity index (χ1n) is 7.14. The van der Waals surface area contributed by atoms with Crippen LogP contribution in [-0.2, 0) is 4.79 Å². The van der Waals surface area contributed by atoms with Crippen LogP contribution >= 0.6 is 12.4 Å². The molecule has 1 aliphatic heterocycles. The van der Waals surface area contributed by atoms with Crippen molar-refractivity contribution in [1.82, 2.24) is 9.80 Å². The van der Waals surface area contributed by atoms with Gasteiger partial charge in [0.25, 0.3) is 5.91 Å². The summed E-state index contributed by atoms with van der Waals surface area (Å²) in [5, 5.41) is 0. The summed E-state index contributed by atoms with van der Waals surface area (Å²) in [5.74, 6) is -0.529. The van der Waals surface area contributed by atoms with Gasteiger partial charge in [-0.1, -0.05) is 6.07 Å². The van der Waals surface area contributed by atoms with Crippen molar-refractivity contribution >= 4 is 24.2 Å². The third-order valence-electron chi connectivity index (χ3n) is 3.59. The molecule has 0 unspecified atom stereocenters. The van der Waals surface area contributed by atoms with Crippen molar-refractivity contribution in [2.45, 2.75) is 12.8 Å². The lowest BCUT2D eigenvalue weighted by molar-refractivity contribution is -0.132. The molecule has 122 valence electrons. The van der Waals surface area contributed by atoms with Gasteiger partial charge >= 0.3 is 0 Å². The van der Waals surface area contributed by atoms with Crippen LogP contribution in [0.25, 0.3) is 0 Å². The summed E-state index contributed by atoms with van der Waals surface area (Å²) in [6, 6.07) is 5.67. The minimum absolute atomic E-state index is 0. The second-order valence-electron chi connectivity index (χ2n) is 5.08. The third-order valence-corrected chi connectivity index (χ3v) is 3.59. The van der Waals surface area contributed by atoms with E-state index in [-0.39, 0.29) is 24.2 Å². The van der Waals surface area contributed by atoms with Gasteiger partial charge in [-0.15, -0.1) is 12.4 Å². The van der Waals surface area contributed by atoms with E-state index in [0.29, 0.717) is 51.1 Å². The van der Waals surface area contributed by atoms with Crippen LogP contribution in [0.1, 0.15) is 23.2 Å². The van der Waals surface area contributed by atoms with Crippen molar-refractivity contribution in [3.05, 3.63) is 35.6 Å². The van der Waals surface area contributed by atoms with Crippen molar-refractivity contribution in [1.29, 1.82) is 0 Å². The summed E-state index contributed by atoms with van der Waals surface area (Å²) in [7, 11) is 0. The lowest BCUT2D eigenvalue weighted by Gasteiger charge is -2.35. The van der Waals surface area contributed by atoms with E-state index in [4.69, 9.17) is 5.73 Å². The Morgan fingerprint density at radius 3 is 2.36 bits per heavy atom. The zero-order chi connectivity index (χ0) is 15.2. The molecule has 5 nitrogen and oxygen atoms in total. The average Bonchev–Trinajstić information content (AvgIpc) is 2.52. The number of carbonyl (C=O) groups is 2. The molecule has 1 aliphatic rings. The number of rotatable bonds is 4. The Morgan fingerprint density at radius 2 is 1.77 bits per heavy atom. The molecule has 1 aromatic rings. The summed E-state index contributed by atoms with van der Waals surface area (Å²) in [4.78, 5) is 27.5. The molecule has 1 fully saturated rings. The summed E-state index contributed by atoms with van der Waals surface area (Å²) < 4.78 is 13.1. The number of carbonyl (C=O) groups excluding carboxylic acids is 2. The zero-order valence-corrected chi connectivity index (χ0v) is 13.2. The predicted molar refractivity (Wildman–Crippen MR) is 84.4 cm³/mol. The molecule has 7 heteroatoms. The first-order chi connectivity index (χ1) is 10.1. The lowest BCUT2D eigenvalue weighted by Crippen LogP contribution is -2.50. The smallest absolute Gasteiger partial charge is 0.254 e. The Balaban J connectivity index is 0.00000242. The molecule has 0 saturated carbocycles. The first-order valence-corrected chi connectivity index (χ1v) is 7.14. The maximum absolute atomic E-state index is 13.1. The second-order valence-corrected chi connectivity index (χ2v) is 5.08. The van der Waals surface area contributed by atoms with E-state index in [0.717, 1.165) is 0 Å². The van der Waals surface area contributed by atoms with Gasteiger partial charge < -0.3 is 15.5 Å². The second kappa shape index (κ2) is 8.70. The van der Waals surface area contributed by atoms with Crippen molar-refractivity contribution in [2.24, 2.45) is 5.73 Å². The van der Waals surface area contributed by atoms with Crippen LogP contribution in [0.3, 0.4) is 0 Å². The number of nitrogens with zero attached hydrogens (tertiary/aromatic N) is 2. The van der Waals surface area contributed by atoms with Gasteiger partial charge in [0, 0.05) is 38.2 Å². The van der Waals surface area contributed by atoms with E-state index in [2.05, 4.69) is 0 Å². The molecule has 0 aromatic heterocycles. The molecule has 0 aliphatic carbocycles. The van der Waals surface area contributed by atoms with Crippen molar-refractivity contribution in [3.8, 4) is 0 Å². The van der Waals surface area contributed by atoms with Crippen molar-refractivity contribution in [3.63, 3.8) is 0 Å². The molecule has 2 rings (SSSR count). The monoisotopic (exact) mass is 329 g/mol. The van der Waals surface area contributed by atoms with E-state index in [1.54, 1.807) is 15.9 Å². The van der Waals surface area contributed by atoms with Gasteiger partial charge in [-0.05, 0) is 31.2 Å². The number of halogens is 2. The zero-order valence-electron chi connectivity index (χ0n) is 12.3. The van der Waals surface area contributed by atoms with Gasteiger partial charge in [0.15, 0.2) is 0 Å². The Labute approximate surface area is 135 Å².